The van der Waals surface area contributed by atoms with Crippen molar-refractivity contribution >= 4 is 17.5 Å². The lowest BCUT2D eigenvalue weighted by Crippen LogP contribution is -2.27. The van der Waals surface area contributed by atoms with Crippen molar-refractivity contribution in [3.8, 4) is 0 Å². The van der Waals surface area contributed by atoms with E-state index in [1.807, 2.05) is 51.1 Å². The molecule has 2 rings (SSSR count). The van der Waals surface area contributed by atoms with Crippen molar-refractivity contribution in [2.24, 2.45) is 0 Å². The Labute approximate surface area is 131 Å². The van der Waals surface area contributed by atoms with Crippen molar-refractivity contribution in [3.05, 3.63) is 36.6 Å². The molecule has 0 spiro atoms. The standard InChI is InChI=1S/C17H24N2O3/c1-17(2,3)22-16(20)19-14-9-7-13(8-10-14)18-12-15-6-4-5-11-21-15/h5,7-11,15,18H,4,6,12H2,1-3H3,(H,19,20). The minimum Gasteiger partial charge on any atom is -0.497 e. The highest BCUT2D eigenvalue weighted by atomic mass is 16.6. The largest absolute Gasteiger partial charge is 0.497 e. The Morgan fingerprint density at radius 3 is 2.55 bits per heavy atom. The Kier molecular flexibility index (Phi) is 5.31. The predicted octanol–water partition coefficient (Wildman–Crippen LogP) is 4.14. The number of anilines is 2. The van der Waals surface area contributed by atoms with Crippen LogP contribution in [0, 0.1) is 0 Å². The second-order valence-corrected chi connectivity index (χ2v) is 6.29. The van der Waals surface area contributed by atoms with Gasteiger partial charge in [0, 0.05) is 11.4 Å². The van der Waals surface area contributed by atoms with E-state index in [4.69, 9.17) is 9.47 Å². The van der Waals surface area contributed by atoms with Crippen molar-refractivity contribution in [2.75, 3.05) is 17.2 Å². The number of hydrogen-bond acceptors (Lipinski definition) is 4. The maximum Gasteiger partial charge on any atom is 0.412 e. The molecule has 1 amide bonds. The number of hydrogen-bond donors (Lipinski definition) is 2. The van der Waals surface area contributed by atoms with Gasteiger partial charge in [0.05, 0.1) is 12.8 Å². The second kappa shape index (κ2) is 7.20. The number of benzene rings is 1. The van der Waals surface area contributed by atoms with Crippen LogP contribution in [0.4, 0.5) is 16.2 Å². The molecule has 1 aliphatic rings. The molecule has 0 aliphatic carbocycles. The fraction of sp³-hybridized carbons (Fsp3) is 0.471. The van der Waals surface area contributed by atoms with Crippen molar-refractivity contribution in [3.63, 3.8) is 0 Å². The number of rotatable bonds is 4. The van der Waals surface area contributed by atoms with Crippen LogP contribution in [0.15, 0.2) is 36.6 Å². The highest BCUT2D eigenvalue weighted by Gasteiger charge is 2.16. The third-order valence-electron chi connectivity index (χ3n) is 3.09. The third kappa shape index (κ3) is 5.68. The summed E-state index contributed by atoms with van der Waals surface area (Å²) >= 11 is 0. The van der Waals surface area contributed by atoms with Gasteiger partial charge in [-0.1, -0.05) is 0 Å². The fourth-order valence-corrected chi connectivity index (χ4v) is 2.06. The highest BCUT2D eigenvalue weighted by molar-refractivity contribution is 5.85. The zero-order chi connectivity index (χ0) is 16.0. The average Bonchev–Trinajstić information content (AvgIpc) is 2.45. The Morgan fingerprint density at radius 2 is 1.95 bits per heavy atom. The Hall–Kier alpha value is -2.17. The quantitative estimate of drug-likeness (QED) is 0.877. The lowest BCUT2D eigenvalue weighted by molar-refractivity contribution is 0.0636. The van der Waals surface area contributed by atoms with Crippen LogP contribution < -0.4 is 10.6 Å². The maximum atomic E-state index is 11.7. The van der Waals surface area contributed by atoms with Gasteiger partial charge in [-0.2, -0.15) is 0 Å². The van der Waals surface area contributed by atoms with E-state index in [0.29, 0.717) is 5.69 Å². The van der Waals surface area contributed by atoms with Crippen LogP contribution in [0.1, 0.15) is 33.6 Å². The van der Waals surface area contributed by atoms with E-state index in [9.17, 15) is 4.79 Å². The minimum absolute atomic E-state index is 0.213. The Morgan fingerprint density at radius 1 is 1.27 bits per heavy atom. The zero-order valence-electron chi connectivity index (χ0n) is 13.4. The van der Waals surface area contributed by atoms with E-state index < -0.39 is 11.7 Å². The molecule has 5 heteroatoms. The molecule has 0 bridgehead atoms. The molecule has 1 atom stereocenters. The molecular weight excluding hydrogens is 280 g/mol. The van der Waals surface area contributed by atoms with Crippen molar-refractivity contribution < 1.29 is 14.3 Å². The molecule has 0 aromatic heterocycles. The number of carbonyl (C=O) groups excluding carboxylic acids is 1. The first-order valence-electron chi connectivity index (χ1n) is 7.57. The molecule has 22 heavy (non-hydrogen) atoms. The Bertz CT molecular complexity index is 518. The van der Waals surface area contributed by atoms with Gasteiger partial charge in [-0.25, -0.2) is 4.79 Å². The number of nitrogens with one attached hydrogen (secondary N) is 2. The van der Waals surface area contributed by atoms with Crippen LogP contribution in [0.5, 0.6) is 0 Å². The molecule has 1 aliphatic heterocycles. The highest BCUT2D eigenvalue weighted by Crippen LogP contribution is 2.17. The van der Waals surface area contributed by atoms with Crippen molar-refractivity contribution in [1.29, 1.82) is 0 Å². The summed E-state index contributed by atoms with van der Waals surface area (Å²) in [6.07, 6.45) is 5.66. The fourth-order valence-electron chi connectivity index (χ4n) is 2.06. The van der Waals surface area contributed by atoms with Crippen LogP contribution in [0.2, 0.25) is 0 Å². The molecule has 2 N–H and O–H groups in total. The zero-order valence-corrected chi connectivity index (χ0v) is 13.4. The van der Waals surface area contributed by atoms with E-state index in [0.717, 1.165) is 25.1 Å². The average molecular weight is 304 g/mol. The third-order valence-corrected chi connectivity index (χ3v) is 3.09. The van der Waals surface area contributed by atoms with Gasteiger partial charge < -0.3 is 14.8 Å². The predicted molar refractivity (Wildman–Crippen MR) is 88.0 cm³/mol. The van der Waals surface area contributed by atoms with Crippen LogP contribution in [-0.4, -0.2) is 24.3 Å². The molecule has 0 radical (unpaired) electrons. The number of allylic oxidation sites excluding steroid dienone is 1. The number of amides is 1. The van der Waals surface area contributed by atoms with Gasteiger partial charge in [0.2, 0.25) is 0 Å². The summed E-state index contributed by atoms with van der Waals surface area (Å²) in [6.45, 7) is 6.27. The van der Waals surface area contributed by atoms with E-state index in [2.05, 4.69) is 10.6 Å². The number of carbonyl (C=O) groups is 1. The first-order chi connectivity index (χ1) is 10.4. The molecular formula is C17H24N2O3. The molecule has 1 aromatic carbocycles. The monoisotopic (exact) mass is 304 g/mol. The summed E-state index contributed by atoms with van der Waals surface area (Å²) < 4.78 is 10.7. The van der Waals surface area contributed by atoms with Crippen molar-refractivity contribution in [1.82, 2.24) is 0 Å². The van der Waals surface area contributed by atoms with Gasteiger partial charge >= 0.3 is 6.09 Å². The SMILES string of the molecule is CC(C)(C)OC(=O)Nc1ccc(NCC2CCC=CO2)cc1. The van der Waals surface area contributed by atoms with Gasteiger partial charge in [-0.05, 0) is 64.0 Å². The first kappa shape index (κ1) is 16.2. The molecule has 1 unspecified atom stereocenters. The van der Waals surface area contributed by atoms with E-state index in [-0.39, 0.29) is 6.10 Å². The van der Waals surface area contributed by atoms with E-state index in [1.54, 1.807) is 6.26 Å². The first-order valence-corrected chi connectivity index (χ1v) is 7.57. The van der Waals surface area contributed by atoms with E-state index >= 15 is 0 Å². The molecule has 1 heterocycles. The van der Waals surface area contributed by atoms with Crippen molar-refractivity contribution in [2.45, 2.75) is 45.3 Å². The van der Waals surface area contributed by atoms with Gasteiger partial charge in [0.25, 0.3) is 0 Å². The minimum atomic E-state index is -0.500. The molecule has 120 valence electrons. The molecule has 1 aromatic rings. The van der Waals surface area contributed by atoms with Gasteiger partial charge in [-0.3, -0.25) is 5.32 Å². The molecule has 0 saturated heterocycles. The summed E-state index contributed by atoms with van der Waals surface area (Å²) in [5.74, 6) is 0. The van der Waals surface area contributed by atoms with Crippen LogP contribution >= 0.6 is 0 Å². The summed E-state index contributed by atoms with van der Waals surface area (Å²) in [6, 6.07) is 7.53. The summed E-state index contributed by atoms with van der Waals surface area (Å²) in [7, 11) is 0. The van der Waals surface area contributed by atoms with Crippen LogP contribution in [-0.2, 0) is 9.47 Å². The van der Waals surface area contributed by atoms with E-state index in [1.165, 1.54) is 0 Å². The molecule has 0 saturated carbocycles. The number of ether oxygens (including phenoxy) is 2. The van der Waals surface area contributed by atoms with Gasteiger partial charge in [0.1, 0.15) is 11.7 Å². The maximum absolute atomic E-state index is 11.7. The van der Waals surface area contributed by atoms with Gasteiger partial charge in [0.15, 0.2) is 0 Å². The lowest BCUT2D eigenvalue weighted by Gasteiger charge is -2.21. The topological polar surface area (TPSA) is 59.6 Å². The summed E-state index contributed by atoms with van der Waals surface area (Å²) in [4.78, 5) is 11.7. The smallest absolute Gasteiger partial charge is 0.412 e. The lowest BCUT2D eigenvalue weighted by atomic mass is 10.1. The second-order valence-electron chi connectivity index (χ2n) is 6.29. The summed E-state index contributed by atoms with van der Waals surface area (Å²) in [5.41, 5.74) is 1.20. The summed E-state index contributed by atoms with van der Waals surface area (Å²) in [5, 5.41) is 6.04. The normalized spacial score (nSPS) is 17.5. The Balaban J connectivity index is 1.79. The molecule has 5 nitrogen and oxygen atoms in total. The van der Waals surface area contributed by atoms with Crippen LogP contribution in [0.3, 0.4) is 0 Å². The van der Waals surface area contributed by atoms with Gasteiger partial charge in [-0.15, -0.1) is 0 Å². The van der Waals surface area contributed by atoms with Crippen LogP contribution in [0.25, 0.3) is 0 Å². The molecule has 0 fully saturated rings.